The van der Waals surface area contributed by atoms with Gasteiger partial charge in [0.1, 0.15) is 25.1 Å². The van der Waals surface area contributed by atoms with E-state index in [1.54, 1.807) is 0 Å². The second kappa shape index (κ2) is 9.07. The third-order valence-electron chi connectivity index (χ3n) is 8.23. The number of hydrogen-bond donors (Lipinski definition) is 1. The Morgan fingerprint density at radius 1 is 1.00 bits per heavy atom. The summed E-state index contributed by atoms with van der Waals surface area (Å²) in [5, 5.41) is 2.14. The summed E-state index contributed by atoms with van der Waals surface area (Å²) in [4.78, 5) is 27.3. The van der Waals surface area contributed by atoms with E-state index in [-0.39, 0.29) is 54.5 Å². The van der Waals surface area contributed by atoms with Crippen molar-refractivity contribution in [2.24, 2.45) is 0 Å². The Kier molecular flexibility index (Phi) is 6.60. The van der Waals surface area contributed by atoms with Crippen LogP contribution in [-0.4, -0.2) is 82.4 Å². The molecule has 10 heteroatoms. The molecule has 6 nitrogen and oxygen atoms in total. The molecule has 1 saturated heterocycles. The van der Waals surface area contributed by atoms with Crippen molar-refractivity contribution >= 4 is 35.0 Å². The normalized spacial score (nSPS) is 47.1. The van der Waals surface area contributed by atoms with Crippen molar-refractivity contribution in [3.63, 3.8) is 0 Å². The maximum absolute atomic E-state index is 13.9. The van der Waals surface area contributed by atoms with Crippen molar-refractivity contribution in [1.82, 2.24) is 10.2 Å². The molecule has 5 aliphatic carbocycles. The van der Waals surface area contributed by atoms with Crippen LogP contribution in [0.1, 0.15) is 64.2 Å². The monoisotopic (exact) mass is 508 g/mol. The number of halogens is 4. The van der Waals surface area contributed by atoms with E-state index in [9.17, 15) is 18.4 Å². The Morgan fingerprint density at radius 2 is 1.61 bits per heavy atom. The zero-order valence-corrected chi connectivity index (χ0v) is 20.1. The van der Waals surface area contributed by atoms with E-state index in [2.05, 4.69) is 5.32 Å². The number of hydrogen-bond acceptors (Lipinski definition) is 4. The van der Waals surface area contributed by atoms with Gasteiger partial charge in [0.25, 0.3) is 5.91 Å². The van der Waals surface area contributed by atoms with Gasteiger partial charge in [-0.3, -0.25) is 9.59 Å². The lowest BCUT2D eigenvalue weighted by atomic mass is 9.43. The van der Waals surface area contributed by atoms with Crippen molar-refractivity contribution < 1.29 is 27.8 Å². The molecule has 0 aromatic heterocycles. The first-order chi connectivity index (χ1) is 15.7. The van der Waals surface area contributed by atoms with Gasteiger partial charge >= 0.3 is 0 Å². The summed E-state index contributed by atoms with van der Waals surface area (Å²) in [6.45, 7) is 0.548. The highest BCUT2D eigenvalue weighted by molar-refractivity contribution is 6.21. The van der Waals surface area contributed by atoms with Crippen LogP contribution in [0, 0.1) is 0 Å². The second-order valence-corrected chi connectivity index (χ2v) is 11.9. The first-order valence-electron chi connectivity index (χ1n) is 12.1. The first-order valence-corrected chi connectivity index (χ1v) is 13.0. The third kappa shape index (κ3) is 4.62. The van der Waals surface area contributed by atoms with E-state index >= 15 is 0 Å². The Bertz CT molecular complexity index is 770. The van der Waals surface area contributed by atoms with E-state index in [4.69, 9.17) is 32.7 Å². The predicted molar refractivity (Wildman–Crippen MR) is 119 cm³/mol. The Hall–Kier alpha value is -0.700. The number of carbonyl (C=O) groups is 2. The van der Waals surface area contributed by atoms with Gasteiger partial charge in [0.05, 0.1) is 23.0 Å². The van der Waals surface area contributed by atoms with Crippen molar-refractivity contribution in [2.45, 2.75) is 117 Å². The minimum atomic E-state index is -1.09. The van der Waals surface area contributed by atoms with E-state index < -0.39 is 29.2 Å². The summed E-state index contributed by atoms with van der Waals surface area (Å²) in [7, 11) is 0. The lowest BCUT2D eigenvalue weighted by Gasteiger charge is -2.73. The van der Waals surface area contributed by atoms with Gasteiger partial charge in [-0.1, -0.05) is 0 Å². The molecule has 1 N–H and O–H groups in total. The SMILES string of the molecule is O=C(COC1CCC(Cl)C(F)C1)NC12CC(N3CCC(OC4CCC(Cl)C(F)C4)C3=O)(C1)C2. The van der Waals surface area contributed by atoms with Crippen LogP contribution in [0.5, 0.6) is 0 Å². The van der Waals surface area contributed by atoms with Gasteiger partial charge < -0.3 is 19.7 Å². The molecule has 5 saturated carbocycles. The van der Waals surface area contributed by atoms with Crippen LogP contribution >= 0.6 is 23.2 Å². The Balaban J connectivity index is 1.04. The maximum Gasteiger partial charge on any atom is 0.252 e. The van der Waals surface area contributed by atoms with Crippen LogP contribution < -0.4 is 5.32 Å². The number of nitrogens with one attached hydrogen (secondary N) is 1. The number of carbonyl (C=O) groups excluding carboxylic acids is 2. The van der Waals surface area contributed by atoms with Crippen LogP contribution in [0.4, 0.5) is 8.78 Å². The van der Waals surface area contributed by atoms with E-state index in [1.165, 1.54) is 0 Å². The maximum atomic E-state index is 13.9. The molecule has 0 spiro atoms. The van der Waals surface area contributed by atoms with Gasteiger partial charge in [-0.05, 0) is 44.9 Å². The van der Waals surface area contributed by atoms with Gasteiger partial charge in [-0.15, -0.1) is 23.2 Å². The number of likely N-dealkylation sites (tertiary alicyclic amines) is 1. The lowest BCUT2D eigenvalue weighted by molar-refractivity contribution is -0.191. The molecule has 2 bridgehead atoms. The number of alkyl halides is 4. The summed E-state index contributed by atoms with van der Waals surface area (Å²) in [6, 6.07) is 0. The third-order valence-corrected chi connectivity index (χ3v) is 9.22. The second-order valence-electron chi connectivity index (χ2n) is 10.7. The van der Waals surface area contributed by atoms with E-state index in [0.29, 0.717) is 38.6 Å². The largest absolute Gasteiger partial charge is 0.368 e. The van der Waals surface area contributed by atoms with Crippen LogP contribution in [-0.2, 0) is 19.1 Å². The van der Waals surface area contributed by atoms with E-state index in [1.807, 2.05) is 4.90 Å². The number of ether oxygens (including phenoxy) is 2. The standard InChI is InChI=1S/C23H32Cl2F2N2O4/c24-15-3-1-13(7-17(15)26)32-9-20(30)28-22-10-23(11-22,12-22)29-6-5-19(21(29)31)33-14-2-4-16(25)18(27)8-14/h13-19H,1-12H2,(H,28,30). The molecular weight excluding hydrogens is 477 g/mol. The van der Waals surface area contributed by atoms with Gasteiger partial charge in [0.2, 0.25) is 5.91 Å². The summed E-state index contributed by atoms with van der Waals surface area (Å²) in [5.41, 5.74) is -0.462. The molecule has 0 aromatic carbocycles. The highest BCUT2D eigenvalue weighted by Crippen LogP contribution is 2.64. The molecule has 0 aromatic rings. The smallest absolute Gasteiger partial charge is 0.252 e. The van der Waals surface area contributed by atoms with Crippen molar-refractivity contribution in [3.8, 4) is 0 Å². The highest BCUT2D eigenvalue weighted by Gasteiger charge is 2.72. The molecule has 186 valence electrons. The summed E-state index contributed by atoms with van der Waals surface area (Å²) >= 11 is 11.8. The molecule has 6 rings (SSSR count). The molecule has 0 radical (unpaired) electrons. The van der Waals surface area contributed by atoms with Crippen LogP contribution in [0.15, 0.2) is 0 Å². The van der Waals surface area contributed by atoms with E-state index in [0.717, 1.165) is 19.3 Å². The van der Waals surface area contributed by atoms with Gasteiger partial charge in [-0.25, -0.2) is 8.78 Å². The van der Waals surface area contributed by atoms with Gasteiger partial charge in [-0.2, -0.15) is 0 Å². The van der Waals surface area contributed by atoms with Crippen LogP contribution in [0.2, 0.25) is 0 Å². The molecule has 7 atom stereocenters. The first kappa shape index (κ1) is 24.0. The molecule has 6 fully saturated rings. The van der Waals surface area contributed by atoms with Gasteiger partial charge in [0, 0.05) is 36.9 Å². The molecule has 33 heavy (non-hydrogen) atoms. The number of nitrogens with zero attached hydrogens (tertiary/aromatic N) is 1. The molecule has 1 heterocycles. The quantitative estimate of drug-likeness (QED) is 0.535. The predicted octanol–water partition coefficient (Wildman–Crippen LogP) is 3.41. The molecule has 2 amide bonds. The average molecular weight is 509 g/mol. The summed E-state index contributed by atoms with van der Waals surface area (Å²) in [5.74, 6) is -0.214. The molecule has 1 aliphatic heterocycles. The van der Waals surface area contributed by atoms with Crippen molar-refractivity contribution in [3.05, 3.63) is 0 Å². The molecule has 7 unspecified atom stereocenters. The lowest BCUT2D eigenvalue weighted by Crippen LogP contribution is -2.84. The number of rotatable bonds is 7. The minimum absolute atomic E-state index is 0.0166. The zero-order valence-electron chi connectivity index (χ0n) is 18.6. The zero-order chi connectivity index (χ0) is 23.4. The van der Waals surface area contributed by atoms with Crippen molar-refractivity contribution in [2.75, 3.05) is 13.2 Å². The van der Waals surface area contributed by atoms with Crippen LogP contribution in [0.3, 0.4) is 0 Å². The van der Waals surface area contributed by atoms with Crippen LogP contribution in [0.25, 0.3) is 0 Å². The highest BCUT2D eigenvalue weighted by atomic mass is 35.5. The fraction of sp³-hybridized carbons (Fsp3) is 0.913. The fourth-order valence-electron chi connectivity index (χ4n) is 6.52. The molecule has 6 aliphatic rings. The fourth-order valence-corrected chi connectivity index (χ4v) is 6.98. The average Bonchev–Trinajstić information content (AvgIpc) is 3.07. The Morgan fingerprint density at radius 3 is 2.24 bits per heavy atom. The number of amides is 2. The Labute approximate surface area is 203 Å². The van der Waals surface area contributed by atoms with Crippen molar-refractivity contribution in [1.29, 1.82) is 0 Å². The molecular formula is C23H32Cl2F2N2O4. The summed E-state index contributed by atoms with van der Waals surface area (Å²) < 4.78 is 39.2. The summed E-state index contributed by atoms with van der Waals surface area (Å²) in [6.07, 6.45) is 2.55. The topological polar surface area (TPSA) is 67.9 Å². The van der Waals surface area contributed by atoms with Gasteiger partial charge in [0.15, 0.2) is 0 Å². The minimum Gasteiger partial charge on any atom is -0.368 e.